The molecule has 0 radical (unpaired) electrons. The van der Waals surface area contributed by atoms with Crippen LogP contribution in [-0.4, -0.2) is 29.0 Å². The molecule has 0 atom stereocenters. The van der Waals surface area contributed by atoms with E-state index in [4.69, 9.17) is 0 Å². The van der Waals surface area contributed by atoms with Crippen LogP contribution in [0.5, 0.6) is 5.75 Å². The van der Waals surface area contributed by atoms with E-state index in [1.54, 1.807) is 0 Å². The van der Waals surface area contributed by atoms with Crippen molar-refractivity contribution in [1.82, 2.24) is 5.32 Å². The Morgan fingerprint density at radius 2 is 2.14 bits per heavy atom. The molecule has 0 bridgehead atoms. The average Bonchev–Trinajstić information content (AvgIpc) is 2.49. The van der Waals surface area contributed by atoms with Crippen molar-refractivity contribution in [2.45, 2.75) is 26.2 Å². The first-order valence-electron chi connectivity index (χ1n) is 6.98. The van der Waals surface area contributed by atoms with E-state index in [1.807, 2.05) is 6.92 Å². The van der Waals surface area contributed by atoms with Crippen molar-refractivity contribution in [2.24, 2.45) is 5.41 Å². The smallest absolute Gasteiger partial charge is 0.296 e. The van der Waals surface area contributed by atoms with Gasteiger partial charge in [-0.1, -0.05) is 6.92 Å². The van der Waals surface area contributed by atoms with Gasteiger partial charge < -0.3 is 15.7 Å². The van der Waals surface area contributed by atoms with Gasteiger partial charge in [0.25, 0.3) is 5.69 Å². The molecule has 0 aromatic heterocycles. The van der Waals surface area contributed by atoms with Crippen molar-refractivity contribution in [2.75, 3.05) is 18.4 Å². The van der Waals surface area contributed by atoms with Gasteiger partial charge in [0.05, 0.1) is 16.4 Å². The molecule has 0 aliphatic carbocycles. The fourth-order valence-corrected chi connectivity index (χ4v) is 2.68. The Morgan fingerprint density at radius 3 is 2.71 bits per heavy atom. The van der Waals surface area contributed by atoms with Gasteiger partial charge in [-0.25, -0.2) is 0 Å². The fourth-order valence-electron chi connectivity index (χ4n) is 2.68. The maximum atomic E-state index is 12.6. The molecule has 7 heteroatoms. The van der Waals surface area contributed by atoms with E-state index in [2.05, 4.69) is 10.6 Å². The van der Waals surface area contributed by atoms with E-state index < -0.39 is 10.3 Å². The van der Waals surface area contributed by atoms with Gasteiger partial charge in [-0.2, -0.15) is 0 Å². The minimum Gasteiger partial charge on any atom is -0.508 e. The molecule has 114 valence electrons. The molecule has 1 aromatic carbocycles. The molecule has 1 heterocycles. The van der Waals surface area contributed by atoms with E-state index in [0.717, 1.165) is 19.2 Å². The van der Waals surface area contributed by atoms with Gasteiger partial charge in [-0.05, 0) is 44.5 Å². The number of nitro groups is 1. The number of phenols is 1. The van der Waals surface area contributed by atoms with Crippen LogP contribution in [0.15, 0.2) is 18.2 Å². The highest BCUT2D eigenvalue weighted by molar-refractivity contribution is 5.97. The molecule has 0 unspecified atom stereocenters. The summed E-state index contributed by atoms with van der Waals surface area (Å²) in [7, 11) is 0. The number of amides is 1. The highest BCUT2D eigenvalue weighted by Gasteiger charge is 2.38. The topological polar surface area (TPSA) is 104 Å². The molecule has 0 spiro atoms. The molecule has 1 amide bonds. The Balaban J connectivity index is 2.24. The second kappa shape index (κ2) is 6.09. The van der Waals surface area contributed by atoms with Crippen LogP contribution in [0.1, 0.15) is 26.2 Å². The number of carbonyl (C=O) groups excluding carboxylic acids is 1. The van der Waals surface area contributed by atoms with E-state index in [0.29, 0.717) is 19.3 Å². The standard InChI is InChI=1S/C14H19N3O4/c1-2-14(5-7-15-8-6-14)13(19)16-11-4-3-10(18)9-12(11)17(20)21/h3-4,9,15,18H,2,5-8H2,1H3,(H,16,19). The molecule has 1 aliphatic rings. The number of aromatic hydroxyl groups is 1. The maximum Gasteiger partial charge on any atom is 0.296 e. The zero-order valence-corrected chi connectivity index (χ0v) is 11.9. The molecule has 0 saturated carbocycles. The number of carbonyl (C=O) groups is 1. The average molecular weight is 293 g/mol. The Kier molecular flexibility index (Phi) is 4.42. The molecule has 2 rings (SSSR count). The van der Waals surface area contributed by atoms with E-state index >= 15 is 0 Å². The van der Waals surface area contributed by atoms with Crippen molar-refractivity contribution in [1.29, 1.82) is 0 Å². The third-order valence-corrected chi connectivity index (χ3v) is 4.15. The van der Waals surface area contributed by atoms with Crippen LogP contribution in [0.25, 0.3) is 0 Å². The Bertz CT molecular complexity index is 553. The van der Waals surface area contributed by atoms with Crippen LogP contribution in [0.3, 0.4) is 0 Å². The summed E-state index contributed by atoms with van der Waals surface area (Å²) in [6, 6.07) is 3.72. The zero-order chi connectivity index (χ0) is 15.5. The minimum atomic E-state index is -0.615. The van der Waals surface area contributed by atoms with Gasteiger partial charge >= 0.3 is 0 Å². The number of nitrogens with one attached hydrogen (secondary N) is 2. The van der Waals surface area contributed by atoms with Crippen LogP contribution < -0.4 is 10.6 Å². The summed E-state index contributed by atoms with van der Waals surface area (Å²) in [6.07, 6.45) is 2.11. The Morgan fingerprint density at radius 1 is 1.48 bits per heavy atom. The number of benzene rings is 1. The second-order valence-corrected chi connectivity index (χ2v) is 5.30. The highest BCUT2D eigenvalue weighted by atomic mass is 16.6. The summed E-state index contributed by atoms with van der Waals surface area (Å²) < 4.78 is 0. The SMILES string of the molecule is CCC1(C(=O)Nc2ccc(O)cc2[N+](=O)[O-])CCNCC1. The highest BCUT2D eigenvalue weighted by Crippen LogP contribution is 2.36. The van der Waals surface area contributed by atoms with E-state index in [9.17, 15) is 20.0 Å². The third kappa shape index (κ3) is 3.13. The lowest BCUT2D eigenvalue weighted by atomic mass is 9.76. The van der Waals surface area contributed by atoms with E-state index in [-0.39, 0.29) is 23.0 Å². The van der Waals surface area contributed by atoms with Crippen molar-refractivity contribution in [3.8, 4) is 5.75 Å². The lowest BCUT2D eigenvalue weighted by molar-refractivity contribution is -0.384. The number of nitrogens with zero attached hydrogens (tertiary/aromatic N) is 1. The number of rotatable bonds is 4. The largest absolute Gasteiger partial charge is 0.508 e. The predicted molar refractivity (Wildman–Crippen MR) is 78.2 cm³/mol. The number of nitro benzene ring substituents is 1. The first-order valence-corrected chi connectivity index (χ1v) is 6.98. The summed E-state index contributed by atoms with van der Waals surface area (Å²) in [6.45, 7) is 3.48. The van der Waals surface area contributed by atoms with E-state index in [1.165, 1.54) is 12.1 Å². The van der Waals surface area contributed by atoms with Crippen LogP contribution in [0.4, 0.5) is 11.4 Å². The molecule has 1 aliphatic heterocycles. The normalized spacial score (nSPS) is 17.2. The van der Waals surface area contributed by atoms with Gasteiger partial charge in [0.15, 0.2) is 0 Å². The van der Waals surface area contributed by atoms with Crippen molar-refractivity contribution in [3.63, 3.8) is 0 Å². The monoisotopic (exact) mass is 293 g/mol. The van der Waals surface area contributed by atoms with Crippen LogP contribution >= 0.6 is 0 Å². The number of anilines is 1. The van der Waals surface area contributed by atoms with Crippen LogP contribution in [0, 0.1) is 15.5 Å². The summed E-state index contributed by atoms with van der Waals surface area (Å²) in [5.41, 5.74) is -0.672. The molecular weight excluding hydrogens is 274 g/mol. The van der Waals surface area contributed by atoms with Gasteiger partial charge in [0.1, 0.15) is 11.4 Å². The molecule has 21 heavy (non-hydrogen) atoms. The summed E-state index contributed by atoms with van der Waals surface area (Å²) in [5.74, 6) is -0.396. The minimum absolute atomic E-state index is 0.120. The Labute approximate surface area is 122 Å². The number of hydrogen-bond acceptors (Lipinski definition) is 5. The number of hydrogen-bond donors (Lipinski definition) is 3. The lowest BCUT2D eigenvalue weighted by Crippen LogP contribution is -2.44. The Hall–Kier alpha value is -2.15. The summed E-state index contributed by atoms with van der Waals surface area (Å²) in [5, 5.41) is 26.2. The number of phenolic OH excluding ortho intramolecular Hbond substituents is 1. The van der Waals surface area contributed by atoms with Crippen molar-refractivity contribution in [3.05, 3.63) is 28.3 Å². The first kappa shape index (κ1) is 15.2. The van der Waals surface area contributed by atoms with Gasteiger partial charge in [0, 0.05) is 0 Å². The van der Waals surface area contributed by atoms with Crippen molar-refractivity contribution >= 4 is 17.3 Å². The fraction of sp³-hybridized carbons (Fsp3) is 0.500. The van der Waals surface area contributed by atoms with Gasteiger partial charge in [0.2, 0.25) is 5.91 Å². The van der Waals surface area contributed by atoms with Gasteiger partial charge in [-0.15, -0.1) is 0 Å². The third-order valence-electron chi connectivity index (χ3n) is 4.15. The molecule has 7 nitrogen and oxygen atoms in total. The quantitative estimate of drug-likeness (QED) is 0.447. The maximum absolute atomic E-state index is 12.6. The molecule has 1 saturated heterocycles. The number of piperidine rings is 1. The van der Waals surface area contributed by atoms with Gasteiger partial charge in [-0.3, -0.25) is 14.9 Å². The zero-order valence-electron chi connectivity index (χ0n) is 11.9. The van der Waals surface area contributed by atoms with Crippen LogP contribution in [0.2, 0.25) is 0 Å². The molecule has 3 N–H and O–H groups in total. The molecule has 1 aromatic rings. The predicted octanol–water partition coefficient (Wildman–Crippen LogP) is 2.02. The lowest BCUT2D eigenvalue weighted by Gasteiger charge is -2.35. The summed E-state index contributed by atoms with van der Waals surface area (Å²) >= 11 is 0. The van der Waals surface area contributed by atoms with Crippen molar-refractivity contribution < 1.29 is 14.8 Å². The first-order chi connectivity index (χ1) is 9.98. The van der Waals surface area contributed by atoms with Crippen LogP contribution in [-0.2, 0) is 4.79 Å². The summed E-state index contributed by atoms with van der Waals surface area (Å²) in [4.78, 5) is 23.0. The molecular formula is C14H19N3O4. The second-order valence-electron chi connectivity index (χ2n) is 5.30. The molecule has 1 fully saturated rings.